The van der Waals surface area contributed by atoms with E-state index in [1.54, 1.807) is 12.1 Å². The number of hydrogen-bond donors (Lipinski definition) is 2. The Labute approximate surface area is 133 Å². The van der Waals surface area contributed by atoms with Gasteiger partial charge in [0, 0.05) is 17.1 Å². The monoisotopic (exact) mass is 357 g/mol. The summed E-state index contributed by atoms with van der Waals surface area (Å²) in [6.45, 7) is 3.82. The zero-order chi connectivity index (χ0) is 15.4. The standard InChI is InChI=1S/C15H21BrFN3O/c1-10-3-2-6-20(14(10)8-18)9-15(21)19-13-5-4-11(16)7-12(13)17/h4-5,7,10,14H,2-3,6,8-9,18H2,1H3,(H,19,21). The number of likely N-dealkylation sites (tertiary alicyclic amines) is 1. The lowest BCUT2D eigenvalue weighted by molar-refractivity contribution is -0.118. The quantitative estimate of drug-likeness (QED) is 0.870. The number of halogens is 2. The lowest BCUT2D eigenvalue weighted by Crippen LogP contribution is -2.51. The maximum atomic E-state index is 13.7. The molecule has 0 saturated carbocycles. The maximum Gasteiger partial charge on any atom is 0.238 e. The molecular weight excluding hydrogens is 337 g/mol. The summed E-state index contributed by atoms with van der Waals surface area (Å²) in [5, 5.41) is 2.63. The molecule has 1 aromatic carbocycles. The Bertz CT molecular complexity index is 512. The van der Waals surface area contributed by atoms with E-state index in [1.807, 2.05) is 0 Å². The SMILES string of the molecule is CC1CCCN(CC(=O)Nc2ccc(Br)cc2F)C1CN. The van der Waals surface area contributed by atoms with Crippen molar-refractivity contribution >= 4 is 27.5 Å². The van der Waals surface area contributed by atoms with Gasteiger partial charge < -0.3 is 11.1 Å². The predicted octanol–water partition coefficient (Wildman–Crippen LogP) is 2.59. The molecule has 1 fully saturated rings. The van der Waals surface area contributed by atoms with Crippen LogP contribution in [0.1, 0.15) is 19.8 Å². The number of hydrogen-bond acceptors (Lipinski definition) is 3. The van der Waals surface area contributed by atoms with E-state index in [-0.39, 0.29) is 24.2 Å². The second-order valence-electron chi connectivity index (χ2n) is 5.57. The average molecular weight is 358 g/mol. The minimum absolute atomic E-state index is 0.205. The third-order valence-electron chi connectivity index (χ3n) is 4.02. The Morgan fingerprint density at radius 2 is 2.33 bits per heavy atom. The lowest BCUT2D eigenvalue weighted by Gasteiger charge is -2.38. The Balaban J connectivity index is 1.97. The van der Waals surface area contributed by atoms with Crippen LogP contribution in [0.2, 0.25) is 0 Å². The average Bonchev–Trinajstić information content (AvgIpc) is 2.42. The highest BCUT2D eigenvalue weighted by Crippen LogP contribution is 2.23. The second-order valence-corrected chi connectivity index (χ2v) is 6.48. The summed E-state index contributed by atoms with van der Waals surface area (Å²) in [6, 6.07) is 4.81. The van der Waals surface area contributed by atoms with Crippen LogP contribution in [0.5, 0.6) is 0 Å². The third kappa shape index (κ3) is 4.25. The highest BCUT2D eigenvalue weighted by Gasteiger charge is 2.28. The van der Waals surface area contributed by atoms with Crippen LogP contribution in [0, 0.1) is 11.7 Å². The van der Waals surface area contributed by atoms with Crippen LogP contribution in [0.15, 0.2) is 22.7 Å². The van der Waals surface area contributed by atoms with Gasteiger partial charge in [0.1, 0.15) is 5.82 Å². The molecule has 1 aromatic rings. The fourth-order valence-electron chi connectivity index (χ4n) is 2.88. The van der Waals surface area contributed by atoms with Gasteiger partial charge in [0.15, 0.2) is 0 Å². The molecule has 0 aromatic heterocycles. The van der Waals surface area contributed by atoms with E-state index in [9.17, 15) is 9.18 Å². The summed E-state index contributed by atoms with van der Waals surface area (Å²) >= 11 is 3.19. The Morgan fingerprint density at radius 1 is 1.57 bits per heavy atom. The summed E-state index contributed by atoms with van der Waals surface area (Å²) in [7, 11) is 0. The first-order valence-corrected chi connectivity index (χ1v) is 7.99. The van der Waals surface area contributed by atoms with Crippen molar-refractivity contribution in [3.05, 3.63) is 28.5 Å². The molecule has 1 aliphatic heterocycles. The number of carbonyl (C=O) groups is 1. The molecule has 2 atom stereocenters. The summed E-state index contributed by atoms with van der Waals surface area (Å²) in [5.41, 5.74) is 6.02. The number of benzene rings is 1. The summed E-state index contributed by atoms with van der Waals surface area (Å²) < 4.78 is 14.4. The molecule has 1 amide bonds. The summed E-state index contributed by atoms with van der Waals surface area (Å²) in [6.07, 6.45) is 2.21. The van der Waals surface area contributed by atoms with Gasteiger partial charge in [-0.15, -0.1) is 0 Å². The minimum atomic E-state index is -0.444. The number of piperidine rings is 1. The summed E-state index contributed by atoms with van der Waals surface area (Å²) in [5.74, 6) is -0.162. The fraction of sp³-hybridized carbons (Fsp3) is 0.533. The van der Waals surface area contributed by atoms with Crippen molar-refractivity contribution in [3.63, 3.8) is 0 Å². The van der Waals surface area contributed by atoms with E-state index in [4.69, 9.17) is 5.73 Å². The molecule has 0 aliphatic carbocycles. The first-order valence-electron chi connectivity index (χ1n) is 7.20. The molecule has 1 saturated heterocycles. The number of amides is 1. The van der Waals surface area contributed by atoms with Crippen molar-refractivity contribution in [2.24, 2.45) is 11.7 Å². The van der Waals surface area contributed by atoms with Crippen LogP contribution in [0.25, 0.3) is 0 Å². The summed E-state index contributed by atoms with van der Waals surface area (Å²) in [4.78, 5) is 14.2. The van der Waals surface area contributed by atoms with E-state index in [0.717, 1.165) is 19.4 Å². The van der Waals surface area contributed by atoms with E-state index in [2.05, 4.69) is 33.1 Å². The molecule has 4 nitrogen and oxygen atoms in total. The number of carbonyl (C=O) groups excluding carboxylic acids is 1. The van der Waals surface area contributed by atoms with Crippen LogP contribution in [-0.4, -0.2) is 36.5 Å². The molecule has 0 radical (unpaired) electrons. The molecule has 116 valence electrons. The van der Waals surface area contributed by atoms with Crippen molar-refractivity contribution in [2.45, 2.75) is 25.8 Å². The molecule has 2 rings (SSSR count). The van der Waals surface area contributed by atoms with E-state index < -0.39 is 5.82 Å². The molecule has 2 unspecified atom stereocenters. The zero-order valence-electron chi connectivity index (χ0n) is 12.1. The van der Waals surface area contributed by atoms with Crippen molar-refractivity contribution in [2.75, 3.05) is 25.0 Å². The Morgan fingerprint density at radius 3 is 3.00 bits per heavy atom. The van der Waals surface area contributed by atoms with Crippen molar-refractivity contribution in [1.82, 2.24) is 4.90 Å². The number of rotatable bonds is 4. The smallest absolute Gasteiger partial charge is 0.238 e. The van der Waals surface area contributed by atoms with Crippen molar-refractivity contribution < 1.29 is 9.18 Å². The molecular formula is C15H21BrFN3O. The second kappa shape index (κ2) is 7.33. The third-order valence-corrected chi connectivity index (χ3v) is 4.52. The number of nitrogens with one attached hydrogen (secondary N) is 1. The number of nitrogens with two attached hydrogens (primary N) is 1. The van der Waals surface area contributed by atoms with E-state index >= 15 is 0 Å². The number of nitrogens with zero attached hydrogens (tertiary/aromatic N) is 1. The van der Waals surface area contributed by atoms with Crippen LogP contribution in [0.3, 0.4) is 0 Å². The first-order chi connectivity index (χ1) is 10.0. The van der Waals surface area contributed by atoms with Crippen LogP contribution in [0.4, 0.5) is 10.1 Å². The van der Waals surface area contributed by atoms with Gasteiger partial charge in [0.25, 0.3) is 0 Å². The van der Waals surface area contributed by atoms with E-state index in [0.29, 0.717) is 16.9 Å². The topological polar surface area (TPSA) is 58.4 Å². The van der Waals surface area contributed by atoms with Crippen LogP contribution < -0.4 is 11.1 Å². The van der Waals surface area contributed by atoms with Gasteiger partial charge in [-0.1, -0.05) is 22.9 Å². The van der Waals surface area contributed by atoms with Gasteiger partial charge in [-0.3, -0.25) is 9.69 Å². The predicted molar refractivity (Wildman–Crippen MR) is 85.5 cm³/mol. The normalized spacial score (nSPS) is 23.0. The Kier molecular flexibility index (Phi) is 5.72. The lowest BCUT2D eigenvalue weighted by atomic mass is 9.91. The van der Waals surface area contributed by atoms with Gasteiger partial charge in [0.2, 0.25) is 5.91 Å². The molecule has 6 heteroatoms. The van der Waals surface area contributed by atoms with Gasteiger partial charge in [0.05, 0.1) is 12.2 Å². The van der Waals surface area contributed by atoms with Gasteiger partial charge in [-0.2, -0.15) is 0 Å². The molecule has 1 heterocycles. The Hall–Kier alpha value is -0.980. The van der Waals surface area contributed by atoms with Crippen molar-refractivity contribution in [1.29, 1.82) is 0 Å². The van der Waals surface area contributed by atoms with Gasteiger partial charge in [-0.25, -0.2) is 4.39 Å². The maximum absolute atomic E-state index is 13.7. The zero-order valence-corrected chi connectivity index (χ0v) is 13.7. The highest BCUT2D eigenvalue weighted by atomic mass is 79.9. The minimum Gasteiger partial charge on any atom is -0.329 e. The first kappa shape index (κ1) is 16.4. The van der Waals surface area contributed by atoms with Crippen molar-refractivity contribution in [3.8, 4) is 0 Å². The molecule has 21 heavy (non-hydrogen) atoms. The van der Waals surface area contributed by atoms with Gasteiger partial charge in [-0.05, 0) is 43.5 Å². The highest BCUT2D eigenvalue weighted by molar-refractivity contribution is 9.10. The van der Waals surface area contributed by atoms with E-state index in [1.165, 1.54) is 6.07 Å². The van der Waals surface area contributed by atoms with Crippen LogP contribution in [-0.2, 0) is 4.79 Å². The molecule has 1 aliphatic rings. The molecule has 0 bridgehead atoms. The molecule has 0 spiro atoms. The molecule has 3 N–H and O–H groups in total. The van der Waals surface area contributed by atoms with Gasteiger partial charge >= 0.3 is 0 Å². The number of anilines is 1. The fourth-order valence-corrected chi connectivity index (χ4v) is 3.21. The largest absolute Gasteiger partial charge is 0.329 e. The van der Waals surface area contributed by atoms with Crippen LogP contribution >= 0.6 is 15.9 Å².